The molecule has 22 heavy (non-hydrogen) atoms. The maximum absolute atomic E-state index is 11.7. The Bertz CT molecular complexity index is 846. The summed E-state index contributed by atoms with van der Waals surface area (Å²) in [6.07, 6.45) is 2.82. The molecule has 2 heterocycles. The predicted octanol–water partition coefficient (Wildman–Crippen LogP) is 4.43. The highest BCUT2D eigenvalue weighted by atomic mass is 16.5. The van der Waals surface area contributed by atoms with Crippen LogP contribution in [0.3, 0.4) is 0 Å². The quantitative estimate of drug-likeness (QED) is 0.666. The van der Waals surface area contributed by atoms with Crippen molar-refractivity contribution in [3.63, 3.8) is 0 Å². The van der Waals surface area contributed by atoms with E-state index in [1.807, 2.05) is 48.7 Å². The van der Waals surface area contributed by atoms with E-state index in [-0.39, 0.29) is 0 Å². The maximum atomic E-state index is 11.7. The maximum Gasteiger partial charge on any atom is 0.167 e. The van der Waals surface area contributed by atoms with Gasteiger partial charge in [0.05, 0.1) is 12.3 Å². The van der Waals surface area contributed by atoms with Gasteiger partial charge in [-0.1, -0.05) is 12.1 Å². The predicted molar refractivity (Wildman–Crippen MR) is 88.9 cm³/mol. The lowest BCUT2D eigenvalue weighted by molar-refractivity contribution is 0.111. The van der Waals surface area contributed by atoms with Crippen LogP contribution in [0.5, 0.6) is 5.75 Å². The van der Waals surface area contributed by atoms with Crippen LogP contribution in [0.25, 0.3) is 16.6 Å². The van der Waals surface area contributed by atoms with E-state index >= 15 is 0 Å². The average molecular weight is 293 g/mol. The molecule has 0 atom stereocenters. The number of fused-ring (bicyclic) bond motifs is 1. The molecular weight excluding hydrogens is 274 g/mol. The largest absolute Gasteiger partial charge is 0.493 e. The molecule has 0 spiro atoms. The number of nitrogens with zero attached hydrogens (tertiary/aromatic N) is 1. The highest BCUT2D eigenvalue weighted by molar-refractivity contribution is 5.92. The third kappa shape index (κ3) is 2.29. The van der Waals surface area contributed by atoms with E-state index in [4.69, 9.17) is 4.74 Å². The molecule has 0 N–H and O–H groups in total. The second-order valence-electron chi connectivity index (χ2n) is 5.45. The summed E-state index contributed by atoms with van der Waals surface area (Å²) in [4.78, 5) is 11.7. The van der Waals surface area contributed by atoms with E-state index in [0.717, 1.165) is 39.8 Å². The highest BCUT2D eigenvalue weighted by Crippen LogP contribution is 2.37. The van der Waals surface area contributed by atoms with E-state index in [9.17, 15) is 4.79 Å². The van der Waals surface area contributed by atoms with Gasteiger partial charge in [-0.3, -0.25) is 4.79 Å². The SMILES string of the molecule is CCOc1c(C)cc(C)cc1-c1cc2ccccn2c1C=O. The number of rotatable bonds is 4. The molecule has 3 aromatic rings. The number of aromatic nitrogens is 1. The molecule has 0 unspecified atom stereocenters. The third-order valence-corrected chi connectivity index (χ3v) is 3.83. The average Bonchev–Trinajstić information content (AvgIpc) is 2.88. The Hall–Kier alpha value is -2.55. The van der Waals surface area contributed by atoms with E-state index in [2.05, 4.69) is 19.1 Å². The minimum Gasteiger partial charge on any atom is -0.493 e. The summed E-state index contributed by atoms with van der Waals surface area (Å²) in [7, 11) is 0. The molecule has 0 aliphatic heterocycles. The van der Waals surface area contributed by atoms with Crippen LogP contribution in [0.15, 0.2) is 42.6 Å². The molecule has 3 nitrogen and oxygen atoms in total. The van der Waals surface area contributed by atoms with Gasteiger partial charge in [0.25, 0.3) is 0 Å². The zero-order valence-electron chi connectivity index (χ0n) is 13.1. The molecule has 112 valence electrons. The summed E-state index contributed by atoms with van der Waals surface area (Å²) < 4.78 is 7.76. The Morgan fingerprint density at radius 2 is 1.95 bits per heavy atom. The molecule has 0 fully saturated rings. The fourth-order valence-corrected chi connectivity index (χ4v) is 2.97. The molecule has 0 bridgehead atoms. The van der Waals surface area contributed by atoms with Gasteiger partial charge in [0.15, 0.2) is 6.29 Å². The Labute approximate surface area is 130 Å². The molecule has 0 aliphatic carbocycles. The van der Waals surface area contributed by atoms with Crippen molar-refractivity contribution in [2.24, 2.45) is 0 Å². The zero-order chi connectivity index (χ0) is 15.7. The number of carbonyl (C=O) groups is 1. The zero-order valence-corrected chi connectivity index (χ0v) is 13.1. The smallest absolute Gasteiger partial charge is 0.167 e. The van der Waals surface area contributed by atoms with Crippen LogP contribution in [0.2, 0.25) is 0 Å². The van der Waals surface area contributed by atoms with Gasteiger partial charge >= 0.3 is 0 Å². The summed E-state index contributed by atoms with van der Waals surface area (Å²) >= 11 is 0. The summed E-state index contributed by atoms with van der Waals surface area (Å²) in [5.74, 6) is 0.854. The molecule has 0 saturated heterocycles. The molecule has 1 aromatic carbocycles. The monoisotopic (exact) mass is 293 g/mol. The fraction of sp³-hybridized carbons (Fsp3) is 0.211. The molecule has 3 heteroatoms. The van der Waals surface area contributed by atoms with Crippen molar-refractivity contribution in [3.05, 3.63) is 59.4 Å². The van der Waals surface area contributed by atoms with Crippen molar-refractivity contribution in [1.82, 2.24) is 4.40 Å². The third-order valence-electron chi connectivity index (χ3n) is 3.83. The number of benzene rings is 1. The number of aldehydes is 1. The summed E-state index contributed by atoms with van der Waals surface area (Å²) in [5.41, 5.74) is 5.79. The molecule has 2 aromatic heterocycles. The molecule has 0 amide bonds. The number of ether oxygens (including phenoxy) is 1. The second kappa shape index (κ2) is 5.68. The molecule has 0 saturated carbocycles. The van der Waals surface area contributed by atoms with Crippen molar-refractivity contribution in [2.75, 3.05) is 6.61 Å². The van der Waals surface area contributed by atoms with Gasteiger partial charge in [0.1, 0.15) is 5.75 Å². The fourth-order valence-electron chi connectivity index (χ4n) is 2.97. The Kier molecular flexibility index (Phi) is 3.72. The molecule has 0 radical (unpaired) electrons. The lowest BCUT2D eigenvalue weighted by Gasteiger charge is -2.14. The van der Waals surface area contributed by atoms with Gasteiger partial charge in [-0.05, 0) is 56.2 Å². The number of aryl methyl sites for hydroxylation is 2. The first-order valence-corrected chi connectivity index (χ1v) is 7.45. The van der Waals surface area contributed by atoms with E-state index in [0.29, 0.717) is 12.3 Å². The first-order chi connectivity index (χ1) is 10.7. The van der Waals surface area contributed by atoms with Crippen LogP contribution in [0, 0.1) is 13.8 Å². The van der Waals surface area contributed by atoms with Crippen molar-refractivity contribution in [2.45, 2.75) is 20.8 Å². The van der Waals surface area contributed by atoms with Gasteiger partial charge in [-0.2, -0.15) is 0 Å². The van der Waals surface area contributed by atoms with E-state index < -0.39 is 0 Å². The summed E-state index contributed by atoms with van der Waals surface area (Å²) in [5, 5.41) is 0. The Morgan fingerprint density at radius 1 is 1.14 bits per heavy atom. The molecule has 3 rings (SSSR count). The van der Waals surface area contributed by atoms with Gasteiger partial charge in [-0.15, -0.1) is 0 Å². The van der Waals surface area contributed by atoms with Crippen LogP contribution in [-0.4, -0.2) is 17.3 Å². The lowest BCUT2D eigenvalue weighted by atomic mass is 9.99. The summed E-state index contributed by atoms with van der Waals surface area (Å²) in [6, 6.07) is 12.1. The standard InChI is InChI=1S/C19H19NO2/c1-4-22-19-14(3)9-13(2)10-17(19)16-11-15-7-5-6-8-20(15)18(16)12-21/h5-12H,4H2,1-3H3. The Morgan fingerprint density at radius 3 is 2.68 bits per heavy atom. The van der Waals surface area contributed by atoms with Crippen molar-refractivity contribution >= 4 is 11.8 Å². The Balaban J connectivity index is 2.34. The van der Waals surface area contributed by atoms with Crippen LogP contribution in [0.4, 0.5) is 0 Å². The van der Waals surface area contributed by atoms with E-state index in [1.165, 1.54) is 0 Å². The van der Waals surface area contributed by atoms with E-state index in [1.54, 1.807) is 0 Å². The van der Waals surface area contributed by atoms with Gasteiger partial charge < -0.3 is 9.14 Å². The normalized spacial score (nSPS) is 10.9. The van der Waals surface area contributed by atoms with Crippen LogP contribution >= 0.6 is 0 Å². The molecule has 0 aliphatic rings. The lowest BCUT2D eigenvalue weighted by Crippen LogP contribution is -1.99. The number of pyridine rings is 1. The van der Waals surface area contributed by atoms with Crippen LogP contribution in [0.1, 0.15) is 28.5 Å². The van der Waals surface area contributed by atoms with Gasteiger partial charge in [-0.25, -0.2) is 0 Å². The number of hydrogen-bond donors (Lipinski definition) is 0. The number of hydrogen-bond acceptors (Lipinski definition) is 2. The molecular formula is C19H19NO2. The first-order valence-electron chi connectivity index (χ1n) is 7.45. The van der Waals surface area contributed by atoms with Gasteiger partial charge in [0.2, 0.25) is 0 Å². The first kappa shape index (κ1) is 14.4. The highest BCUT2D eigenvalue weighted by Gasteiger charge is 2.17. The van der Waals surface area contributed by atoms with Crippen LogP contribution < -0.4 is 4.74 Å². The van der Waals surface area contributed by atoms with Gasteiger partial charge in [0, 0.05) is 22.8 Å². The minimum absolute atomic E-state index is 0.598. The number of carbonyl (C=O) groups excluding carboxylic acids is 1. The second-order valence-corrected chi connectivity index (χ2v) is 5.45. The topological polar surface area (TPSA) is 30.7 Å². The summed E-state index contributed by atoms with van der Waals surface area (Å²) in [6.45, 7) is 6.67. The minimum atomic E-state index is 0.598. The van der Waals surface area contributed by atoms with Crippen molar-refractivity contribution in [1.29, 1.82) is 0 Å². The van der Waals surface area contributed by atoms with Crippen molar-refractivity contribution < 1.29 is 9.53 Å². The van der Waals surface area contributed by atoms with Crippen LogP contribution in [-0.2, 0) is 0 Å². The van der Waals surface area contributed by atoms with Crippen molar-refractivity contribution in [3.8, 4) is 16.9 Å².